The molecule has 2 heteroatoms. The van der Waals surface area contributed by atoms with E-state index in [0.29, 0.717) is 0 Å². The molecule has 0 saturated carbocycles. The molecule has 0 unspecified atom stereocenters. The van der Waals surface area contributed by atoms with Crippen molar-refractivity contribution in [1.29, 1.82) is 0 Å². The summed E-state index contributed by atoms with van der Waals surface area (Å²) in [4.78, 5) is 0. The van der Waals surface area contributed by atoms with E-state index >= 15 is 0 Å². The molecule has 0 aromatic heterocycles. The van der Waals surface area contributed by atoms with Crippen molar-refractivity contribution < 1.29 is 106 Å². The maximum atomic E-state index is 3.98. The third-order valence-corrected chi connectivity index (χ3v) is 2.25. The maximum absolute atomic E-state index is 3.98. The van der Waals surface area contributed by atoms with Gasteiger partial charge in [-0.2, -0.15) is 0 Å². The molecular weight excluding hydrogens is 234 g/mol. The molecule has 0 heterocycles. The minimum atomic E-state index is 0. The summed E-state index contributed by atoms with van der Waals surface area (Å²) in [5, 5.41) is 2.57. The van der Waals surface area contributed by atoms with Gasteiger partial charge in [0, 0.05) is 0 Å². The number of allylic oxidation sites excluding steroid dienone is 1. The third kappa shape index (κ3) is 4.14. The molecular formula is C13H14K2. The van der Waals surface area contributed by atoms with Crippen molar-refractivity contribution in [2.75, 3.05) is 0 Å². The van der Waals surface area contributed by atoms with Crippen molar-refractivity contribution in [1.82, 2.24) is 0 Å². The van der Waals surface area contributed by atoms with Gasteiger partial charge in [-0.3, -0.25) is 0 Å². The van der Waals surface area contributed by atoms with Crippen LogP contribution in [0.4, 0.5) is 0 Å². The van der Waals surface area contributed by atoms with Crippen LogP contribution in [-0.4, -0.2) is 0 Å². The fourth-order valence-corrected chi connectivity index (χ4v) is 1.60. The molecule has 0 nitrogen and oxygen atoms in total. The van der Waals surface area contributed by atoms with E-state index in [1.807, 2.05) is 6.92 Å². The van der Waals surface area contributed by atoms with Gasteiger partial charge in [-0.05, 0) is 23.3 Å². The summed E-state index contributed by atoms with van der Waals surface area (Å²) in [7, 11) is 0. The zero-order chi connectivity index (χ0) is 9.26. The van der Waals surface area contributed by atoms with Crippen molar-refractivity contribution in [2.24, 2.45) is 0 Å². The zero-order valence-corrected chi connectivity index (χ0v) is 16.0. The Balaban J connectivity index is -0.000000490. The fourth-order valence-electron chi connectivity index (χ4n) is 1.60. The van der Waals surface area contributed by atoms with Crippen LogP contribution in [0.3, 0.4) is 0 Å². The van der Waals surface area contributed by atoms with Crippen LogP contribution < -0.4 is 103 Å². The van der Waals surface area contributed by atoms with Gasteiger partial charge in [0.25, 0.3) is 0 Å². The molecule has 0 spiro atoms. The van der Waals surface area contributed by atoms with Gasteiger partial charge in [0.1, 0.15) is 0 Å². The van der Waals surface area contributed by atoms with Crippen LogP contribution >= 0.6 is 0 Å². The molecule has 0 bridgehead atoms. The van der Waals surface area contributed by atoms with E-state index in [1.54, 1.807) is 0 Å². The molecule has 0 N–H and O–H groups in total. The monoisotopic (exact) mass is 248 g/mol. The summed E-state index contributed by atoms with van der Waals surface area (Å²) in [6.07, 6.45) is 0. The van der Waals surface area contributed by atoms with E-state index < -0.39 is 0 Å². The molecule has 2 aromatic rings. The van der Waals surface area contributed by atoms with Gasteiger partial charge >= 0.3 is 103 Å². The Morgan fingerprint density at radius 2 is 1.60 bits per heavy atom. The normalized spacial score (nSPS) is 8.87. The number of fused-ring (bicyclic) bond motifs is 1. The first-order valence-electron chi connectivity index (χ1n) is 4.42. The van der Waals surface area contributed by atoms with Gasteiger partial charge in [-0.1, -0.05) is 54.6 Å². The molecule has 68 valence electrons. The second-order valence-corrected chi connectivity index (χ2v) is 3.31. The van der Waals surface area contributed by atoms with Crippen LogP contribution in [0.1, 0.15) is 15.3 Å². The maximum Gasteiger partial charge on any atom is 1.00 e. The van der Waals surface area contributed by atoms with Crippen LogP contribution in [0.25, 0.3) is 16.3 Å². The molecule has 0 aliphatic rings. The largest absolute Gasteiger partial charge is 1.00 e. The average Bonchev–Trinajstić information content (AvgIpc) is 2.17. The topological polar surface area (TPSA) is 0 Å². The Morgan fingerprint density at radius 3 is 2.27 bits per heavy atom. The SMILES string of the molecule is C=C(C)c1cccc2ccccc12.[H-].[H-].[K+].[K+]. The number of benzene rings is 2. The van der Waals surface area contributed by atoms with E-state index in [9.17, 15) is 0 Å². The van der Waals surface area contributed by atoms with E-state index in [2.05, 4.69) is 49.0 Å². The Labute approximate surface area is 179 Å². The van der Waals surface area contributed by atoms with Crippen LogP contribution in [-0.2, 0) is 0 Å². The molecule has 2 rings (SSSR count). The summed E-state index contributed by atoms with van der Waals surface area (Å²) in [5.74, 6) is 0. The summed E-state index contributed by atoms with van der Waals surface area (Å²) >= 11 is 0. The van der Waals surface area contributed by atoms with Crippen LogP contribution in [0, 0.1) is 0 Å². The van der Waals surface area contributed by atoms with Crippen LogP contribution in [0.5, 0.6) is 0 Å². The number of rotatable bonds is 1. The molecule has 0 saturated heterocycles. The predicted molar refractivity (Wildman–Crippen MR) is 60.9 cm³/mol. The Morgan fingerprint density at radius 1 is 1.00 bits per heavy atom. The number of hydrogen-bond acceptors (Lipinski definition) is 0. The predicted octanol–water partition coefficient (Wildman–Crippen LogP) is -1.89. The molecule has 0 atom stereocenters. The first kappa shape index (κ1) is 16.7. The molecule has 0 radical (unpaired) electrons. The first-order valence-corrected chi connectivity index (χ1v) is 4.42. The van der Waals surface area contributed by atoms with E-state index in [-0.39, 0.29) is 106 Å². The Hall–Kier alpha value is 1.71. The van der Waals surface area contributed by atoms with E-state index in [0.717, 1.165) is 5.57 Å². The smallest absolute Gasteiger partial charge is 1.00 e. The van der Waals surface area contributed by atoms with Gasteiger partial charge in [-0.15, -0.1) is 0 Å². The molecule has 2 aromatic carbocycles. The summed E-state index contributed by atoms with van der Waals surface area (Å²) in [6.45, 7) is 6.02. The minimum Gasteiger partial charge on any atom is -1.00 e. The van der Waals surface area contributed by atoms with Gasteiger partial charge < -0.3 is 2.85 Å². The minimum absolute atomic E-state index is 0. The van der Waals surface area contributed by atoms with Crippen molar-refractivity contribution in [3.05, 3.63) is 54.6 Å². The van der Waals surface area contributed by atoms with Crippen molar-refractivity contribution in [2.45, 2.75) is 6.92 Å². The van der Waals surface area contributed by atoms with Crippen LogP contribution in [0.2, 0.25) is 0 Å². The van der Waals surface area contributed by atoms with Crippen molar-refractivity contribution in [3.8, 4) is 0 Å². The number of hydrogen-bond donors (Lipinski definition) is 0. The Bertz CT molecular complexity index is 464. The third-order valence-electron chi connectivity index (χ3n) is 2.25. The quantitative estimate of drug-likeness (QED) is 0.518. The van der Waals surface area contributed by atoms with Gasteiger partial charge in [0.05, 0.1) is 0 Å². The summed E-state index contributed by atoms with van der Waals surface area (Å²) in [6, 6.07) is 14.7. The second-order valence-electron chi connectivity index (χ2n) is 3.31. The second kappa shape index (κ2) is 7.93. The summed E-state index contributed by atoms with van der Waals surface area (Å²) in [5.41, 5.74) is 2.37. The molecule has 0 aliphatic carbocycles. The molecule has 0 fully saturated rings. The average molecular weight is 248 g/mol. The molecule has 0 amide bonds. The molecule has 15 heavy (non-hydrogen) atoms. The zero-order valence-electron chi connectivity index (χ0n) is 11.7. The summed E-state index contributed by atoms with van der Waals surface area (Å²) < 4.78 is 0. The van der Waals surface area contributed by atoms with Crippen LogP contribution in [0.15, 0.2) is 49.0 Å². The molecule has 0 aliphatic heterocycles. The fraction of sp³-hybridized carbons (Fsp3) is 0.0769. The standard InChI is InChI=1S/C13H12.2K.2H/c1-10(2)12-9-5-7-11-6-3-4-8-13(11)12;;;;/h3-9H,1H2,2H3;;;;/q;2*+1;2*-1. The van der Waals surface area contributed by atoms with Gasteiger partial charge in [0.15, 0.2) is 0 Å². The first-order chi connectivity index (χ1) is 6.29. The van der Waals surface area contributed by atoms with Gasteiger partial charge in [0.2, 0.25) is 0 Å². The van der Waals surface area contributed by atoms with E-state index in [1.165, 1.54) is 16.3 Å². The van der Waals surface area contributed by atoms with Gasteiger partial charge in [-0.25, -0.2) is 0 Å². The van der Waals surface area contributed by atoms with Crippen molar-refractivity contribution >= 4 is 16.3 Å². The van der Waals surface area contributed by atoms with E-state index in [4.69, 9.17) is 0 Å². The Kier molecular flexibility index (Phi) is 8.83. The van der Waals surface area contributed by atoms with Crippen molar-refractivity contribution in [3.63, 3.8) is 0 Å².